The summed E-state index contributed by atoms with van der Waals surface area (Å²) in [7, 11) is -3.89. The molecule has 116 valence electrons. The van der Waals surface area contributed by atoms with Crippen LogP contribution in [0.5, 0.6) is 0 Å². The van der Waals surface area contributed by atoms with Crippen LogP contribution in [-0.2, 0) is 19.4 Å². The molecule has 1 amide bonds. The summed E-state index contributed by atoms with van der Waals surface area (Å²) in [4.78, 5) is 11.6. The Hall–Kier alpha value is -1.67. The lowest BCUT2D eigenvalue weighted by molar-refractivity contribution is -0.119. The van der Waals surface area contributed by atoms with Crippen LogP contribution in [0.4, 0.5) is 10.1 Å². The van der Waals surface area contributed by atoms with Gasteiger partial charge < -0.3 is 15.8 Å². The average Bonchev–Trinajstić information content (AvgIpc) is 2.38. The molecular formula is C13H17FN2O4S. The van der Waals surface area contributed by atoms with Gasteiger partial charge in [0.2, 0.25) is 5.91 Å². The fourth-order valence-electron chi connectivity index (χ4n) is 2.16. The van der Waals surface area contributed by atoms with Crippen LogP contribution in [0.25, 0.3) is 0 Å². The van der Waals surface area contributed by atoms with Crippen molar-refractivity contribution < 1.29 is 22.3 Å². The van der Waals surface area contributed by atoms with Crippen LogP contribution in [-0.4, -0.2) is 39.3 Å². The zero-order chi connectivity index (χ0) is 15.5. The molecule has 1 aromatic rings. The van der Waals surface area contributed by atoms with Gasteiger partial charge in [0.25, 0.3) is 0 Å². The first-order valence-electron chi connectivity index (χ1n) is 6.53. The number of benzene rings is 1. The lowest BCUT2D eigenvalue weighted by Gasteiger charge is -2.23. The molecule has 3 N–H and O–H groups in total. The molecule has 0 saturated carbocycles. The molecule has 8 heteroatoms. The maximum Gasteiger partial charge on any atom is 0.235 e. The average molecular weight is 316 g/mol. The van der Waals surface area contributed by atoms with Crippen molar-refractivity contribution in [1.82, 2.24) is 5.32 Å². The van der Waals surface area contributed by atoms with Gasteiger partial charge in [-0.3, -0.25) is 4.79 Å². The molecular weight excluding hydrogens is 299 g/mol. The number of nitrogen functional groups attached to an aromatic ring is 1. The normalized spacial score (nSPS) is 16.6. The fraction of sp³-hybridized carbons (Fsp3) is 0.462. The van der Waals surface area contributed by atoms with Crippen LogP contribution in [0, 0.1) is 5.82 Å². The van der Waals surface area contributed by atoms with Crippen molar-refractivity contribution in [2.24, 2.45) is 0 Å². The van der Waals surface area contributed by atoms with E-state index < -0.39 is 27.3 Å². The topological polar surface area (TPSA) is 98.5 Å². The van der Waals surface area contributed by atoms with Crippen LogP contribution >= 0.6 is 0 Å². The zero-order valence-electron chi connectivity index (χ0n) is 11.3. The number of carbonyl (C=O) groups excluding carboxylic acids is 1. The first-order chi connectivity index (χ1) is 9.88. The second kappa shape index (κ2) is 6.40. The minimum atomic E-state index is -3.89. The molecule has 1 fully saturated rings. The Morgan fingerprint density at radius 2 is 2.05 bits per heavy atom. The van der Waals surface area contributed by atoms with E-state index >= 15 is 0 Å². The third-order valence-corrected chi connectivity index (χ3v) is 4.90. The van der Waals surface area contributed by atoms with Crippen molar-refractivity contribution >= 4 is 21.4 Å². The number of sulfone groups is 1. The summed E-state index contributed by atoms with van der Waals surface area (Å²) >= 11 is 0. The summed E-state index contributed by atoms with van der Waals surface area (Å²) in [5, 5.41) is 2.66. The number of nitrogens with two attached hydrogens (primary N) is 1. The third-order valence-electron chi connectivity index (χ3n) is 3.21. The quantitative estimate of drug-likeness (QED) is 0.622. The highest BCUT2D eigenvalue weighted by Gasteiger charge is 2.24. The van der Waals surface area contributed by atoms with Crippen molar-refractivity contribution in [2.45, 2.75) is 23.8 Å². The number of ether oxygens (including phenoxy) is 1. The van der Waals surface area contributed by atoms with Crippen LogP contribution < -0.4 is 11.1 Å². The highest BCUT2D eigenvalue weighted by atomic mass is 32.2. The Labute approximate surface area is 122 Å². The van der Waals surface area contributed by atoms with Crippen molar-refractivity contribution in [3.63, 3.8) is 0 Å². The zero-order valence-corrected chi connectivity index (χ0v) is 12.2. The molecule has 0 bridgehead atoms. The monoisotopic (exact) mass is 316 g/mol. The van der Waals surface area contributed by atoms with Crippen LogP contribution in [0.2, 0.25) is 0 Å². The maximum atomic E-state index is 12.9. The number of anilines is 1. The molecule has 0 aliphatic carbocycles. The van der Waals surface area contributed by atoms with Crippen LogP contribution in [0.3, 0.4) is 0 Å². The largest absolute Gasteiger partial charge is 0.398 e. The van der Waals surface area contributed by atoms with Gasteiger partial charge >= 0.3 is 0 Å². The molecule has 1 aliphatic rings. The number of hydrogen-bond donors (Lipinski definition) is 2. The first-order valence-corrected chi connectivity index (χ1v) is 8.18. The van der Waals surface area contributed by atoms with Crippen LogP contribution in [0.15, 0.2) is 23.1 Å². The van der Waals surface area contributed by atoms with E-state index in [4.69, 9.17) is 10.5 Å². The summed E-state index contributed by atoms with van der Waals surface area (Å²) in [6, 6.07) is 2.91. The van der Waals surface area contributed by atoms with Crippen molar-refractivity contribution in [1.29, 1.82) is 0 Å². The number of halogens is 1. The molecule has 0 aromatic heterocycles. The highest BCUT2D eigenvalue weighted by Crippen LogP contribution is 2.20. The van der Waals surface area contributed by atoms with Gasteiger partial charge in [-0.1, -0.05) is 0 Å². The molecule has 6 nitrogen and oxygen atoms in total. The van der Waals surface area contributed by atoms with E-state index in [-0.39, 0.29) is 16.6 Å². The Bertz CT molecular complexity index is 627. The lowest BCUT2D eigenvalue weighted by atomic mass is 10.1. The van der Waals surface area contributed by atoms with Gasteiger partial charge in [0.05, 0.1) is 10.6 Å². The van der Waals surface area contributed by atoms with Gasteiger partial charge in [-0.15, -0.1) is 0 Å². The van der Waals surface area contributed by atoms with E-state index in [1.807, 2.05) is 0 Å². The van der Waals surface area contributed by atoms with E-state index in [9.17, 15) is 17.6 Å². The predicted octanol–water partition coefficient (Wildman–Crippen LogP) is 0.477. The predicted molar refractivity (Wildman–Crippen MR) is 74.8 cm³/mol. The van der Waals surface area contributed by atoms with E-state index in [1.165, 1.54) is 0 Å². The van der Waals surface area contributed by atoms with E-state index in [0.717, 1.165) is 18.2 Å². The SMILES string of the molecule is Nc1cc(F)ccc1S(=O)(=O)CC(=O)NC1CCOCC1. The summed E-state index contributed by atoms with van der Waals surface area (Å²) in [5.74, 6) is -1.93. The van der Waals surface area contributed by atoms with E-state index in [2.05, 4.69) is 5.32 Å². The summed E-state index contributed by atoms with van der Waals surface area (Å²) in [6.07, 6.45) is 1.31. The number of amides is 1. The fourth-order valence-corrected chi connectivity index (χ4v) is 3.44. The first kappa shape index (κ1) is 15.7. The molecule has 1 aliphatic heterocycles. The van der Waals surface area contributed by atoms with Gasteiger partial charge in [-0.25, -0.2) is 12.8 Å². The molecule has 0 atom stereocenters. The Morgan fingerprint density at radius 1 is 1.38 bits per heavy atom. The molecule has 2 rings (SSSR count). The molecule has 0 radical (unpaired) electrons. The van der Waals surface area contributed by atoms with Gasteiger partial charge in [0, 0.05) is 19.3 Å². The Balaban J connectivity index is 2.04. The highest BCUT2D eigenvalue weighted by molar-refractivity contribution is 7.92. The standard InChI is InChI=1S/C13H17FN2O4S/c14-9-1-2-12(11(15)7-9)21(18,19)8-13(17)16-10-3-5-20-6-4-10/h1-2,7,10H,3-6,8,15H2,(H,16,17). The smallest absolute Gasteiger partial charge is 0.235 e. The second-order valence-electron chi connectivity index (χ2n) is 4.90. The van der Waals surface area contributed by atoms with Crippen molar-refractivity contribution in [3.8, 4) is 0 Å². The van der Waals surface area contributed by atoms with Gasteiger partial charge in [-0.2, -0.15) is 0 Å². The van der Waals surface area contributed by atoms with Gasteiger partial charge in [0.15, 0.2) is 9.84 Å². The summed E-state index contributed by atoms with van der Waals surface area (Å²) < 4.78 is 42.4. The van der Waals surface area contributed by atoms with Gasteiger partial charge in [-0.05, 0) is 31.0 Å². The number of rotatable bonds is 4. The summed E-state index contributed by atoms with van der Waals surface area (Å²) in [5.41, 5.74) is 5.30. The Morgan fingerprint density at radius 3 is 2.67 bits per heavy atom. The minimum Gasteiger partial charge on any atom is -0.398 e. The second-order valence-corrected chi connectivity index (χ2v) is 6.85. The van der Waals surface area contributed by atoms with Crippen molar-refractivity contribution in [3.05, 3.63) is 24.0 Å². The maximum absolute atomic E-state index is 12.9. The molecule has 1 aromatic carbocycles. The molecule has 1 saturated heterocycles. The van der Waals surface area contributed by atoms with Gasteiger partial charge in [0.1, 0.15) is 11.6 Å². The molecule has 0 spiro atoms. The van der Waals surface area contributed by atoms with Crippen LogP contribution in [0.1, 0.15) is 12.8 Å². The minimum absolute atomic E-state index is 0.0768. The molecule has 1 heterocycles. The molecule has 0 unspecified atom stereocenters. The number of hydrogen-bond acceptors (Lipinski definition) is 5. The Kier molecular flexibility index (Phi) is 4.79. The van der Waals surface area contributed by atoms with E-state index in [1.54, 1.807) is 0 Å². The third kappa shape index (κ3) is 4.15. The summed E-state index contributed by atoms with van der Waals surface area (Å²) in [6.45, 7) is 1.09. The molecule has 21 heavy (non-hydrogen) atoms. The lowest BCUT2D eigenvalue weighted by Crippen LogP contribution is -2.41. The number of nitrogens with one attached hydrogen (secondary N) is 1. The number of carbonyl (C=O) groups is 1. The van der Waals surface area contributed by atoms with Crippen molar-refractivity contribution in [2.75, 3.05) is 24.7 Å². The van der Waals surface area contributed by atoms with E-state index in [0.29, 0.717) is 26.1 Å².